The highest BCUT2D eigenvalue weighted by atomic mass is 15.2. The standard InChI is InChI=1S/C26H27N/c1-2-6-21-20(5-1)23-13-26(24-8-4-3-7-22(23)24)16-27(15-25(21)26)14-19-12-17-9-10-18(19)11-17/h1-10,17-19,23,25H,11-16H2. The van der Waals surface area contributed by atoms with Gasteiger partial charge in [-0.2, -0.15) is 0 Å². The van der Waals surface area contributed by atoms with Gasteiger partial charge in [-0.1, -0.05) is 60.7 Å². The average molecular weight is 354 g/mol. The van der Waals surface area contributed by atoms with Crippen LogP contribution in [-0.2, 0) is 5.41 Å². The molecular weight excluding hydrogens is 326 g/mol. The summed E-state index contributed by atoms with van der Waals surface area (Å²) in [5, 5.41) is 0. The van der Waals surface area contributed by atoms with Gasteiger partial charge in [0.25, 0.3) is 0 Å². The number of rotatable bonds is 2. The maximum absolute atomic E-state index is 2.85. The van der Waals surface area contributed by atoms with Gasteiger partial charge in [-0.05, 0) is 59.3 Å². The summed E-state index contributed by atoms with van der Waals surface area (Å²) in [6.45, 7) is 3.85. The van der Waals surface area contributed by atoms with Crippen molar-refractivity contribution < 1.29 is 0 Å². The molecule has 1 heteroatoms. The van der Waals surface area contributed by atoms with E-state index >= 15 is 0 Å². The molecule has 0 N–H and O–H groups in total. The van der Waals surface area contributed by atoms with E-state index in [0.29, 0.717) is 17.3 Å². The summed E-state index contributed by atoms with van der Waals surface area (Å²) < 4.78 is 0. The smallest absolute Gasteiger partial charge is 0.0173 e. The molecule has 5 aliphatic rings. The lowest BCUT2D eigenvalue weighted by Gasteiger charge is -2.37. The highest BCUT2D eigenvalue weighted by Crippen LogP contribution is 2.63. The number of nitrogens with zero attached hydrogens (tertiary/aromatic N) is 1. The van der Waals surface area contributed by atoms with Gasteiger partial charge in [0.15, 0.2) is 0 Å². The summed E-state index contributed by atoms with van der Waals surface area (Å²) in [5.74, 6) is 3.97. The van der Waals surface area contributed by atoms with E-state index in [1.54, 1.807) is 22.3 Å². The molecule has 1 saturated carbocycles. The molecule has 1 heterocycles. The predicted molar refractivity (Wildman–Crippen MR) is 109 cm³/mol. The van der Waals surface area contributed by atoms with Crippen LogP contribution in [0.4, 0.5) is 0 Å². The number of hydrogen-bond acceptors (Lipinski definition) is 1. The fourth-order valence-corrected chi connectivity index (χ4v) is 7.72. The molecule has 1 spiro atoms. The highest BCUT2D eigenvalue weighted by Gasteiger charge is 2.58. The Balaban J connectivity index is 1.30. The maximum atomic E-state index is 2.85. The Bertz CT molecular complexity index is 947. The summed E-state index contributed by atoms with van der Waals surface area (Å²) in [6.07, 6.45) is 9.21. The van der Waals surface area contributed by atoms with Crippen LogP contribution in [0.15, 0.2) is 60.7 Å². The summed E-state index contributed by atoms with van der Waals surface area (Å²) in [4.78, 5) is 2.85. The van der Waals surface area contributed by atoms with E-state index in [0.717, 1.165) is 17.8 Å². The Hall–Kier alpha value is -1.86. The van der Waals surface area contributed by atoms with Gasteiger partial charge in [-0.25, -0.2) is 0 Å². The van der Waals surface area contributed by atoms with Crippen LogP contribution in [-0.4, -0.2) is 24.5 Å². The minimum atomic E-state index is 0.364. The third-order valence-electron chi connectivity index (χ3n) is 8.71. The number of likely N-dealkylation sites (tertiary alicyclic amines) is 1. The fourth-order valence-electron chi connectivity index (χ4n) is 7.72. The molecular formula is C26H27N. The average Bonchev–Trinajstić information content (AvgIpc) is 3.46. The van der Waals surface area contributed by atoms with Crippen molar-refractivity contribution in [2.24, 2.45) is 17.8 Å². The van der Waals surface area contributed by atoms with E-state index in [-0.39, 0.29) is 0 Å². The summed E-state index contributed by atoms with van der Waals surface area (Å²) in [5.41, 5.74) is 6.93. The van der Waals surface area contributed by atoms with Crippen LogP contribution in [0.2, 0.25) is 0 Å². The Labute approximate surface area is 162 Å². The zero-order chi connectivity index (χ0) is 17.6. The largest absolute Gasteiger partial charge is 0.301 e. The first-order valence-corrected chi connectivity index (χ1v) is 10.9. The minimum Gasteiger partial charge on any atom is -0.301 e. The van der Waals surface area contributed by atoms with E-state index in [1.807, 2.05) is 0 Å². The molecule has 1 aliphatic heterocycles. The Morgan fingerprint density at radius 1 is 0.889 bits per heavy atom. The first kappa shape index (κ1) is 15.1. The maximum Gasteiger partial charge on any atom is 0.0173 e. The van der Waals surface area contributed by atoms with E-state index in [1.165, 1.54) is 38.9 Å². The quantitative estimate of drug-likeness (QED) is 0.680. The molecule has 4 aliphatic carbocycles. The SMILES string of the molecule is C1=CC2CC1CC2CN1CC2c3ccccc3C3CC2(C1)c1ccccc13. The number of hydrogen-bond donors (Lipinski definition) is 0. The summed E-state index contributed by atoms with van der Waals surface area (Å²) >= 11 is 0. The normalized spacial score (nSPS) is 40.2. The minimum absolute atomic E-state index is 0.364. The van der Waals surface area contributed by atoms with E-state index in [4.69, 9.17) is 0 Å². The van der Waals surface area contributed by atoms with Crippen LogP contribution in [0.1, 0.15) is 53.4 Å². The van der Waals surface area contributed by atoms with Gasteiger partial charge < -0.3 is 4.90 Å². The van der Waals surface area contributed by atoms with Crippen molar-refractivity contribution in [3.63, 3.8) is 0 Å². The van der Waals surface area contributed by atoms with Gasteiger partial charge in [0.05, 0.1) is 0 Å². The van der Waals surface area contributed by atoms with Crippen molar-refractivity contribution in [1.29, 1.82) is 0 Å². The molecule has 2 aromatic rings. The number of fused-ring (bicyclic) bond motifs is 5. The second-order valence-corrected chi connectivity index (χ2v) is 9.92. The molecule has 6 unspecified atom stereocenters. The second kappa shape index (κ2) is 5.14. The van der Waals surface area contributed by atoms with Crippen molar-refractivity contribution in [3.05, 3.63) is 82.9 Å². The van der Waals surface area contributed by atoms with Crippen molar-refractivity contribution in [2.75, 3.05) is 19.6 Å². The Morgan fingerprint density at radius 3 is 2.52 bits per heavy atom. The van der Waals surface area contributed by atoms with Gasteiger partial charge in [0.1, 0.15) is 0 Å². The highest BCUT2D eigenvalue weighted by molar-refractivity contribution is 5.58. The van der Waals surface area contributed by atoms with Crippen LogP contribution in [0.3, 0.4) is 0 Å². The van der Waals surface area contributed by atoms with Crippen molar-refractivity contribution >= 4 is 0 Å². The number of allylic oxidation sites excluding steroid dienone is 2. The summed E-state index contributed by atoms with van der Waals surface area (Å²) in [7, 11) is 0. The first-order chi connectivity index (χ1) is 13.3. The van der Waals surface area contributed by atoms with E-state index < -0.39 is 0 Å². The molecule has 1 nitrogen and oxygen atoms in total. The van der Waals surface area contributed by atoms with Crippen molar-refractivity contribution in [3.8, 4) is 0 Å². The molecule has 2 aromatic carbocycles. The van der Waals surface area contributed by atoms with Gasteiger partial charge in [0.2, 0.25) is 0 Å². The van der Waals surface area contributed by atoms with Crippen LogP contribution < -0.4 is 0 Å². The lowest BCUT2D eigenvalue weighted by atomic mass is 9.65. The zero-order valence-electron chi connectivity index (χ0n) is 15.9. The van der Waals surface area contributed by atoms with E-state index in [9.17, 15) is 0 Å². The molecule has 7 rings (SSSR count). The lowest BCUT2D eigenvalue weighted by molar-refractivity contribution is 0.240. The van der Waals surface area contributed by atoms with Crippen molar-refractivity contribution in [2.45, 2.75) is 36.5 Å². The summed E-state index contributed by atoms with van der Waals surface area (Å²) in [6, 6.07) is 18.8. The molecule has 4 bridgehead atoms. The first-order valence-electron chi connectivity index (χ1n) is 10.9. The van der Waals surface area contributed by atoms with Gasteiger partial charge in [0, 0.05) is 36.9 Å². The third kappa shape index (κ3) is 1.89. The molecule has 6 atom stereocenters. The second-order valence-electron chi connectivity index (χ2n) is 9.92. The topological polar surface area (TPSA) is 3.24 Å². The van der Waals surface area contributed by atoms with Gasteiger partial charge >= 0.3 is 0 Å². The van der Waals surface area contributed by atoms with Gasteiger partial charge in [-0.3, -0.25) is 0 Å². The number of benzene rings is 2. The fraction of sp³-hybridized carbons (Fsp3) is 0.462. The van der Waals surface area contributed by atoms with E-state index in [2.05, 4.69) is 65.6 Å². The van der Waals surface area contributed by atoms with Crippen LogP contribution in [0.25, 0.3) is 0 Å². The molecule has 1 saturated heterocycles. The zero-order valence-corrected chi connectivity index (χ0v) is 15.9. The van der Waals surface area contributed by atoms with Crippen LogP contribution in [0, 0.1) is 17.8 Å². The van der Waals surface area contributed by atoms with Gasteiger partial charge in [-0.15, -0.1) is 0 Å². The lowest BCUT2D eigenvalue weighted by Crippen LogP contribution is -2.36. The molecule has 27 heavy (non-hydrogen) atoms. The van der Waals surface area contributed by atoms with Crippen LogP contribution >= 0.6 is 0 Å². The molecule has 0 aromatic heterocycles. The molecule has 2 fully saturated rings. The van der Waals surface area contributed by atoms with Crippen LogP contribution in [0.5, 0.6) is 0 Å². The van der Waals surface area contributed by atoms with Crippen molar-refractivity contribution in [1.82, 2.24) is 4.90 Å². The predicted octanol–water partition coefficient (Wildman–Crippen LogP) is 5.09. The third-order valence-corrected chi connectivity index (χ3v) is 8.71. The molecule has 136 valence electrons. The molecule has 0 radical (unpaired) electrons. The Morgan fingerprint density at radius 2 is 1.70 bits per heavy atom. The molecule has 0 amide bonds. The Kier molecular flexibility index (Phi) is 2.88. The monoisotopic (exact) mass is 353 g/mol.